The van der Waals surface area contributed by atoms with Crippen LogP contribution in [0.4, 0.5) is 10.5 Å². The summed E-state index contributed by atoms with van der Waals surface area (Å²) < 4.78 is 0. The first-order valence-corrected chi connectivity index (χ1v) is 10.7. The van der Waals surface area contributed by atoms with Gasteiger partial charge in [-0.25, -0.2) is 4.79 Å². The standard InChI is InChI=1S/C26H29N3O/c1-2-29(25-17-18-28(20-25)19-21-9-5-3-6-10-21)26(30)27-24-15-13-23(14-16-24)22-11-7-4-8-12-22/h3-16,25H,2,17-20H2,1H3,(H,27,30). The molecule has 0 spiro atoms. The third-order valence-corrected chi connectivity index (χ3v) is 5.78. The first-order chi connectivity index (χ1) is 14.7. The van der Waals surface area contributed by atoms with E-state index in [1.807, 2.05) is 41.3 Å². The van der Waals surface area contributed by atoms with E-state index in [0.29, 0.717) is 6.54 Å². The number of likely N-dealkylation sites (N-methyl/N-ethyl adjacent to an activating group) is 1. The SMILES string of the molecule is CCN(C(=O)Nc1ccc(-c2ccccc2)cc1)C1CCN(Cc2ccccc2)C1. The molecule has 0 bridgehead atoms. The van der Waals surface area contributed by atoms with Crippen molar-refractivity contribution in [3.8, 4) is 11.1 Å². The summed E-state index contributed by atoms with van der Waals surface area (Å²) in [5.74, 6) is 0. The Balaban J connectivity index is 1.35. The fourth-order valence-electron chi connectivity index (χ4n) is 4.19. The molecule has 1 fully saturated rings. The Hall–Kier alpha value is -3.11. The minimum Gasteiger partial charge on any atom is -0.320 e. The smallest absolute Gasteiger partial charge is 0.320 e. The molecule has 30 heavy (non-hydrogen) atoms. The number of carbonyl (C=O) groups excluding carboxylic acids is 1. The van der Waals surface area contributed by atoms with E-state index in [2.05, 4.69) is 65.7 Å². The zero-order valence-electron chi connectivity index (χ0n) is 17.5. The minimum absolute atomic E-state index is 0.0171. The molecule has 1 N–H and O–H groups in total. The summed E-state index contributed by atoms with van der Waals surface area (Å²) in [6.07, 6.45) is 1.01. The van der Waals surface area contributed by atoms with Gasteiger partial charge in [0.2, 0.25) is 0 Å². The van der Waals surface area contributed by atoms with Crippen LogP contribution in [0.25, 0.3) is 11.1 Å². The molecular formula is C26H29N3O. The van der Waals surface area contributed by atoms with Crippen molar-refractivity contribution in [3.63, 3.8) is 0 Å². The number of hydrogen-bond donors (Lipinski definition) is 1. The lowest BCUT2D eigenvalue weighted by Gasteiger charge is -2.28. The van der Waals surface area contributed by atoms with E-state index in [1.54, 1.807) is 0 Å². The number of carbonyl (C=O) groups is 1. The molecule has 0 saturated carbocycles. The Morgan fingerprint density at radius 1 is 0.933 bits per heavy atom. The van der Waals surface area contributed by atoms with E-state index in [1.165, 1.54) is 11.1 Å². The highest BCUT2D eigenvalue weighted by Gasteiger charge is 2.29. The third kappa shape index (κ3) is 4.89. The molecule has 154 valence electrons. The summed E-state index contributed by atoms with van der Waals surface area (Å²) in [7, 11) is 0. The van der Waals surface area contributed by atoms with E-state index < -0.39 is 0 Å². The fraction of sp³-hybridized carbons (Fsp3) is 0.269. The van der Waals surface area contributed by atoms with Crippen LogP contribution in [0.2, 0.25) is 0 Å². The van der Waals surface area contributed by atoms with Gasteiger partial charge < -0.3 is 10.2 Å². The first-order valence-electron chi connectivity index (χ1n) is 10.7. The van der Waals surface area contributed by atoms with Crippen molar-refractivity contribution in [3.05, 3.63) is 90.5 Å². The van der Waals surface area contributed by atoms with Crippen molar-refractivity contribution in [2.75, 3.05) is 25.0 Å². The van der Waals surface area contributed by atoms with Gasteiger partial charge in [-0.1, -0.05) is 72.8 Å². The normalized spacial score (nSPS) is 16.4. The van der Waals surface area contributed by atoms with Crippen molar-refractivity contribution in [1.82, 2.24) is 9.80 Å². The third-order valence-electron chi connectivity index (χ3n) is 5.78. The van der Waals surface area contributed by atoms with E-state index in [9.17, 15) is 4.79 Å². The second-order valence-corrected chi connectivity index (χ2v) is 7.82. The molecule has 2 amide bonds. The Labute approximate surface area is 179 Å². The molecule has 1 unspecified atom stereocenters. The van der Waals surface area contributed by atoms with E-state index in [4.69, 9.17) is 0 Å². The van der Waals surface area contributed by atoms with Gasteiger partial charge in [-0.15, -0.1) is 0 Å². The summed E-state index contributed by atoms with van der Waals surface area (Å²) in [4.78, 5) is 17.4. The maximum atomic E-state index is 12.9. The molecule has 1 heterocycles. The van der Waals surface area contributed by atoms with Crippen molar-refractivity contribution >= 4 is 11.7 Å². The second kappa shape index (κ2) is 9.59. The predicted molar refractivity (Wildman–Crippen MR) is 123 cm³/mol. The average molecular weight is 400 g/mol. The van der Waals surface area contributed by atoms with Gasteiger partial charge >= 0.3 is 6.03 Å². The quantitative estimate of drug-likeness (QED) is 0.596. The number of nitrogens with one attached hydrogen (secondary N) is 1. The van der Waals surface area contributed by atoms with Gasteiger partial charge in [-0.3, -0.25) is 4.90 Å². The van der Waals surface area contributed by atoms with Gasteiger partial charge in [-0.2, -0.15) is 0 Å². The van der Waals surface area contributed by atoms with Crippen LogP contribution in [-0.4, -0.2) is 41.5 Å². The minimum atomic E-state index is -0.0171. The Morgan fingerprint density at radius 3 is 2.23 bits per heavy atom. The number of amides is 2. The van der Waals surface area contributed by atoms with Gasteiger partial charge in [0.05, 0.1) is 0 Å². The Morgan fingerprint density at radius 2 is 1.57 bits per heavy atom. The lowest BCUT2D eigenvalue weighted by atomic mass is 10.1. The van der Waals surface area contributed by atoms with Crippen LogP contribution >= 0.6 is 0 Å². The topological polar surface area (TPSA) is 35.6 Å². The molecule has 4 heteroatoms. The zero-order chi connectivity index (χ0) is 20.8. The zero-order valence-corrected chi connectivity index (χ0v) is 17.5. The van der Waals surface area contributed by atoms with Gasteiger partial charge in [0, 0.05) is 37.9 Å². The van der Waals surface area contributed by atoms with Crippen molar-refractivity contribution in [2.24, 2.45) is 0 Å². The van der Waals surface area contributed by atoms with Gasteiger partial charge in [0.15, 0.2) is 0 Å². The molecule has 1 aliphatic heterocycles. The maximum absolute atomic E-state index is 12.9. The molecule has 3 aromatic rings. The van der Waals surface area contributed by atoms with Crippen molar-refractivity contribution in [1.29, 1.82) is 0 Å². The summed E-state index contributed by atoms with van der Waals surface area (Å²) in [6.45, 7) is 5.64. The van der Waals surface area contributed by atoms with E-state index >= 15 is 0 Å². The van der Waals surface area contributed by atoms with Crippen LogP contribution in [0.15, 0.2) is 84.9 Å². The molecule has 1 aliphatic rings. The summed E-state index contributed by atoms with van der Waals surface area (Å²) in [5.41, 5.74) is 4.48. The maximum Gasteiger partial charge on any atom is 0.322 e. The molecule has 0 aromatic heterocycles. The summed E-state index contributed by atoms with van der Waals surface area (Å²) >= 11 is 0. The Kier molecular flexibility index (Phi) is 6.45. The summed E-state index contributed by atoms with van der Waals surface area (Å²) in [6, 6.07) is 29.1. The highest BCUT2D eigenvalue weighted by atomic mass is 16.2. The highest BCUT2D eigenvalue weighted by molar-refractivity contribution is 5.90. The van der Waals surface area contributed by atoms with Crippen LogP contribution in [0, 0.1) is 0 Å². The molecule has 0 aliphatic carbocycles. The van der Waals surface area contributed by atoms with Crippen LogP contribution in [0.1, 0.15) is 18.9 Å². The predicted octanol–water partition coefficient (Wildman–Crippen LogP) is 5.48. The number of nitrogens with zero attached hydrogens (tertiary/aromatic N) is 2. The second-order valence-electron chi connectivity index (χ2n) is 7.82. The van der Waals surface area contributed by atoms with Gasteiger partial charge in [0.1, 0.15) is 0 Å². The molecule has 0 radical (unpaired) electrons. The lowest BCUT2D eigenvalue weighted by Crippen LogP contribution is -2.44. The molecule has 3 aromatic carbocycles. The van der Waals surface area contributed by atoms with Crippen molar-refractivity contribution < 1.29 is 4.79 Å². The summed E-state index contributed by atoms with van der Waals surface area (Å²) in [5, 5.41) is 3.08. The average Bonchev–Trinajstić information content (AvgIpc) is 3.24. The van der Waals surface area contributed by atoms with Crippen LogP contribution in [0.5, 0.6) is 0 Å². The lowest BCUT2D eigenvalue weighted by molar-refractivity contribution is 0.189. The van der Waals surface area contributed by atoms with Crippen LogP contribution < -0.4 is 5.32 Å². The van der Waals surface area contributed by atoms with Gasteiger partial charge in [-0.05, 0) is 42.2 Å². The molecule has 4 nitrogen and oxygen atoms in total. The fourth-order valence-corrected chi connectivity index (χ4v) is 4.19. The number of hydrogen-bond acceptors (Lipinski definition) is 2. The number of benzene rings is 3. The first kappa shape index (κ1) is 20.2. The Bertz CT molecular complexity index is 941. The molecule has 4 rings (SSSR count). The van der Waals surface area contributed by atoms with Crippen LogP contribution in [0.3, 0.4) is 0 Å². The number of urea groups is 1. The van der Waals surface area contributed by atoms with Gasteiger partial charge in [0.25, 0.3) is 0 Å². The number of likely N-dealkylation sites (tertiary alicyclic amines) is 1. The largest absolute Gasteiger partial charge is 0.322 e. The number of rotatable bonds is 6. The van der Waals surface area contributed by atoms with Crippen molar-refractivity contribution in [2.45, 2.75) is 25.9 Å². The number of anilines is 1. The highest BCUT2D eigenvalue weighted by Crippen LogP contribution is 2.22. The van der Waals surface area contributed by atoms with E-state index in [-0.39, 0.29) is 12.1 Å². The monoisotopic (exact) mass is 399 g/mol. The van der Waals surface area contributed by atoms with Crippen LogP contribution in [-0.2, 0) is 6.54 Å². The molecule has 1 saturated heterocycles. The van der Waals surface area contributed by atoms with E-state index in [0.717, 1.165) is 37.3 Å². The molecular weight excluding hydrogens is 370 g/mol. The molecule has 1 atom stereocenters.